The van der Waals surface area contributed by atoms with E-state index in [0.29, 0.717) is 7.14 Å². The van der Waals surface area contributed by atoms with E-state index in [1.807, 2.05) is 67.8 Å². The number of esters is 2. The summed E-state index contributed by atoms with van der Waals surface area (Å²) >= 11 is 5.61. The predicted molar refractivity (Wildman–Crippen MR) is 160 cm³/mol. The summed E-state index contributed by atoms with van der Waals surface area (Å²) in [6.45, 7) is 0.865. The van der Waals surface area contributed by atoms with Crippen LogP contribution in [0, 0.1) is 10.7 Å². The van der Waals surface area contributed by atoms with Crippen molar-refractivity contribution >= 4 is 103 Å². The Balaban J connectivity index is 3.52. The first-order valence-corrected chi connectivity index (χ1v) is 14.1. The molecule has 0 aliphatic heterocycles. The lowest BCUT2D eigenvalue weighted by molar-refractivity contribution is -0.155. The van der Waals surface area contributed by atoms with Gasteiger partial charge in [0.2, 0.25) is 5.91 Å². The van der Waals surface area contributed by atoms with Crippen molar-refractivity contribution in [2.75, 3.05) is 52.4 Å². The second-order valence-electron chi connectivity index (χ2n) is 7.81. The van der Waals surface area contributed by atoms with Gasteiger partial charge in [0.05, 0.1) is 43.2 Å². The second-order valence-corrected chi connectivity index (χ2v) is 11.1. The number of aliphatic hydroxyl groups is 2. The Bertz CT molecular complexity index is 1070. The van der Waals surface area contributed by atoms with Gasteiger partial charge in [0.25, 0.3) is 11.8 Å². The number of methoxy groups -OCH3 is 1. The molecular formula is C22H28I3N3O10. The van der Waals surface area contributed by atoms with Crippen molar-refractivity contribution in [2.45, 2.75) is 26.1 Å². The summed E-state index contributed by atoms with van der Waals surface area (Å²) in [6, 6.07) is 0. The number of likely N-dealkylation sites (N-methyl/N-ethyl adjacent to an activating group) is 1. The minimum absolute atomic E-state index is 0.0628. The molecule has 16 heteroatoms. The molecule has 2 unspecified atom stereocenters. The molecule has 0 bridgehead atoms. The molecule has 0 heterocycles. The Morgan fingerprint density at radius 1 is 1.00 bits per heavy atom. The summed E-state index contributed by atoms with van der Waals surface area (Å²) in [5.74, 6) is -2.96. The first kappa shape index (κ1) is 34.7. The summed E-state index contributed by atoms with van der Waals surface area (Å²) in [5.41, 5.74) is 0.358. The highest BCUT2D eigenvalue weighted by Gasteiger charge is 2.31. The molecule has 2 atom stereocenters. The Kier molecular flexibility index (Phi) is 15.2. The molecule has 0 aliphatic rings. The van der Waals surface area contributed by atoms with E-state index in [4.69, 9.17) is 19.3 Å². The van der Waals surface area contributed by atoms with E-state index in [1.165, 1.54) is 32.9 Å². The topological polar surface area (TPSA) is 181 Å². The van der Waals surface area contributed by atoms with Crippen LogP contribution in [0.1, 0.15) is 34.6 Å². The van der Waals surface area contributed by atoms with E-state index < -0.39 is 48.5 Å². The van der Waals surface area contributed by atoms with E-state index in [2.05, 4.69) is 10.6 Å². The standard InChI is InChI=1S/C22H28I3N3O10/c1-10(30)37-8-13(38-11(2)31)5-26-21(34)15-17(23)16(22(35)28(3)6-12(32)7-29)19(25)20(18(15)24)27-14(33)9-36-4/h12-13,29,32H,5-9H2,1-4H3,(H,26,34)(H,27,33). The molecule has 1 rings (SSSR count). The number of amides is 3. The highest BCUT2D eigenvalue weighted by atomic mass is 127. The zero-order valence-electron chi connectivity index (χ0n) is 20.9. The SMILES string of the molecule is COCC(=O)Nc1c(I)c(C(=O)NCC(COC(C)=O)OC(C)=O)c(I)c(C(=O)N(C)CC(O)CO)c1I. The maximum Gasteiger partial charge on any atom is 0.303 e. The zero-order valence-corrected chi connectivity index (χ0v) is 27.4. The third-order valence-corrected chi connectivity index (χ3v) is 7.87. The van der Waals surface area contributed by atoms with Crippen LogP contribution in [0.3, 0.4) is 0 Å². The van der Waals surface area contributed by atoms with E-state index in [-0.39, 0.29) is 46.7 Å². The van der Waals surface area contributed by atoms with Crippen LogP contribution < -0.4 is 10.6 Å². The van der Waals surface area contributed by atoms with Gasteiger partial charge in [-0.05, 0) is 67.8 Å². The fourth-order valence-electron chi connectivity index (χ4n) is 2.99. The molecule has 0 radical (unpaired) electrons. The maximum absolute atomic E-state index is 13.4. The number of ether oxygens (including phenoxy) is 3. The van der Waals surface area contributed by atoms with Crippen LogP contribution in [0.25, 0.3) is 0 Å². The number of benzene rings is 1. The largest absolute Gasteiger partial charge is 0.462 e. The van der Waals surface area contributed by atoms with Crippen LogP contribution in [0.2, 0.25) is 0 Å². The normalized spacial score (nSPS) is 12.2. The van der Waals surface area contributed by atoms with Gasteiger partial charge in [0, 0.05) is 38.1 Å². The molecule has 38 heavy (non-hydrogen) atoms. The van der Waals surface area contributed by atoms with Gasteiger partial charge < -0.3 is 40.0 Å². The van der Waals surface area contributed by atoms with Crippen molar-refractivity contribution < 1.29 is 48.4 Å². The number of rotatable bonds is 13. The number of halogens is 3. The molecule has 0 saturated carbocycles. The fourth-order valence-corrected chi connectivity index (χ4v) is 7.38. The van der Waals surface area contributed by atoms with Crippen LogP contribution >= 0.6 is 67.8 Å². The average molecular weight is 875 g/mol. The van der Waals surface area contributed by atoms with Crippen LogP contribution in [0.5, 0.6) is 0 Å². The lowest BCUT2D eigenvalue weighted by Gasteiger charge is -2.24. The van der Waals surface area contributed by atoms with Gasteiger partial charge in [-0.25, -0.2) is 0 Å². The highest BCUT2D eigenvalue weighted by molar-refractivity contribution is 14.1. The fraction of sp³-hybridized carbons (Fsp3) is 0.500. The van der Waals surface area contributed by atoms with Gasteiger partial charge in [-0.2, -0.15) is 0 Å². The lowest BCUT2D eigenvalue weighted by Crippen LogP contribution is -2.39. The van der Waals surface area contributed by atoms with Crippen molar-refractivity contribution in [3.05, 3.63) is 21.8 Å². The van der Waals surface area contributed by atoms with E-state index in [9.17, 15) is 29.1 Å². The molecule has 0 aliphatic carbocycles. The molecule has 3 amide bonds. The van der Waals surface area contributed by atoms with Crippen LogP contribution in [-0.2, 0) is 28.6 Å². The number of nitrogens with one attached hydrogen (secondary N) is 2. The second kappa shape index (κ2) is 16.7. The van der Waals surface area contributed by atoms with Crippen LogP contribution in [0.15, 0.2) is 0 Å². The van der Waals surface area contributed by atoms with Crippen molar-refractivity contribution in [1.82, 2.24) is 10.2 Å². The number of nitrogens with zero attached hydrogens (tertiary/aromatic N) is 1. The molecule has 0 saturated heterocycles. The zero-order chi connectivity index (χ0) is 29.2. The number of aliphatic hydroxyl groups excluding tert-OH is 2. The predicted octanol–water partition coefficient (Wildman–Crippen LogP) is 0.735. The lowest BCUT2D eigenvalue weighted by atomic mass is 10.1. The maximum atomic E-state index is 13.4. The third kappa shape index (κ3) is 10.3. The van der Waals surface area contributed by atoms with E-state index >= 15 is 0 Å². The summed E-state index contributed by atoms with van der Waals surface area (Å²) in [6.07, 6.45) is -2.14. The molecule has 0 aromatic heterocycles. The molecule has 0 spiro atoms. The summed E-state index contributed by atoms with van der Waals surface area (Å²) in [5, 5.41) is 24.2. The smallest absolute Gasteiger partial charge is 0.303 e. The number of hydrogen-bond donors (Lipinski definition) is 4. The van der Waals surface area contributed by atoms with Crippen LogP contribution in [0.4, 0.5) is 5.69 Å². The van der Waals surface area contributed by atoms with Gasteiger partial charge in [-0.1, -0.05) is 0 Å². The quantitative estimate of drug-likeness (QED) is 0.163. The van der Waals surface area contributed by atoms with Gasteiger partial charge >= 0.3 is 11.9 Å². The first-order valence-electron chi connectivity index (χ1n) is 10.9. The highest BCUT2D eigenvalue weighted by Crippen LogP contribution is 2.36. The monoisotopic (exact) mass is 875 g/mol. The summed E-state index contributed by atoms with van der Waals surface area (Å²) in [4.78, 5) is 62.8. The van der Waals surface area contributed by atoms with E-state index in [0.717, 1.165) is 0 Å². The van der Waals surface area contributed by atoms with Crippen molar-refractivity contribution in [2.24, 2.45) is 0 Å². The average Bonchev–Trinajstić information content (AvgIpc) is 2.83. The summed E-state index contributed by atoms with van der Waals surface area (Å²) < 4.78 is 15.8. The van der Waals surface area contributed by atoms with Gasteiger partial charge in [0.15, 0.2) is 6.10 Å². The Hall–Kier alpha value is -1.36. The summed E-state index contributed by atoms with van der Waals surface area (Å²) in [7, 11) is 2.76. The van der Waals surface area contributed by atoms with Gasteiger partial charge in [-0.3, -0.25) is 24.0 Å². The minimum Gasteiger partial charge on any atom is -0.462 e. The first-order chi connectivity index (χ1) is 17.7. The minimum atomic E-state index is -1.18. The molecule has 0 fully saturated rings. The molecule has 1 aromatic rings. The van der Waals surface area contributed by atoms with Crippen molar-refractivity contribution in [3.8, 4) is 0 Å². The molecule has 4 N–H and O–H groups in total. The Morgan fingerprint density at radius 2 is 1.61 bits per heavy atom. The Labute approximate surface area is 260 Å². The molecule has 212 valence electrons. The van der Waals surface area contributed by atoms with E-state index in [1.54, 1.807) is 0 Å². The van der Waals surface area contributed by atoms with Crippen molar-refractivity contribution in [1.29, 1.82) is 0 Å². The van der Waals surface area contributed by atoms with Crippen molar-refractivity contribution in [3.63, 3.8) is 0 Å². The molecule has 1 aromatic carbocycles. The van der Waals surface area contributed by atoms with Crippen LogP contribution in [-0.4, -0.2) is 104 Å². The van der Waals surface area contributed by atoms with Gasteiger partial charge in [-0.15, -0.1) is 0 Å². The number of carbonyl (C=O) groups is 5. The third-order valence-electron chi connectivity index (χ3n) is 4.64. The number of hydrogen-bond acceptors (Lipinski definition) is 10. The number of carbonyl (C=O) groups excluding carboxylic acids is 5. The molecular weight excluding hydrogens is 847 g/mol. The number of anilines is 1. The molecule has 13 nitrogen and oxygen atoms in total. The Morgan fingerprint density at radius 3 is 2.13 bits per heavy atom. The van der Waals surface area contributed by atoms with Gasteiger partial charge in [0.1, 0.15) is 13.2 Å².